The van der Waals surface area contributed by atoms with E-state index in [4.69, 9.17) is 9.47 Å². The molecule has 0 N–H and O–H groups in total. The van der Waals surface area contributed by atoms with Crippen LogP contribution in [0.3, 0.4) is 0 Å². The first-order valence-corrected chi connectivity index (χ1v) is 7.65. The SMILES string of the molecule is CCCN(CC(=O)OCC)C(=O)C(C)Oc1ccc(C)cc1. The summed E-state index contributed by atoms with van der Waals surface area (Å²) in [4.78, 5) is 25.5. The molecule has 1 rings (SSSR count). The predicted octanol–water partition coefficient (Wildman–Crippen LogP) is 2.56. The van der Waals surface area contributed by atoms with Gasteiger partial charge in [-0.25, -0.2) is 0 Å². The minimum atomic E-state index is -0.649. The standard InChI is InChI=1S/C17H25NO4/c1-5-11-18(12-16(19)21-6-2)17(20)14(4)22-15-9-7-13(3)8-10-15/h7-10,14H,5-6,11-12H2,1-4H3. The van der Waals surface area contributed by atoms with E-state index in [1.807, 2.05) is 38.1 Å². The number of aryl methyl sites for hydroxylation is 1. The number of rotatable bonds is 8. The van der Waals surface area contributed by atoms with Gasteiger partial charge in [0.15, 0.2) is 6.10 Å². The molecule has 0 fully saturated rings. The zero-order valence-electron chi connectivity index (χ0n) is 13.8. The quantitative estimate of drug-likeness (QED) is 0.693. The van der Waals surface area contributed by atoms with E-state index in [1.165, 1.54) is 4.90 Å². The molecule has 0 aliphatic rings. The molecule has 0 spiro atoms. The first-order valence-electron chi connectivity index (χ1n) is 7.65. The molecule has 122 valence electrons. The van der Waals surface area contributed by atoms with Crippen LogP contribution in [0.15, 0.2) is 24.3 Å². The van der Waals surface area contributed by atoms with Gasteiger partial charge < -0.3 is 14.4 Å². The Labute approximate surface area is 132 Å². The van der Waals surface area contributed by atoms with Crippen molar-refractivity contribution in [2.75, 3.05) is 19.7 Å². The summed E-state index contributed by atoms with van der Waals surface area (Å²) in [6.45, 7) is 8.14. The third-order valence-corrected chi connectivity index (χ3v) is 3.11. The summed E-state index contributed by atoms with van der Waals surface area (Å²) in [5, 5.41) is 0. The van der Waals surface area contributed by atoms with Crippen molar-refractivity contribution >= 4 is 11.9 Å². The second-order valence-corrected chi connectivity index (χ2v) is 5.14. The summed E-state index contributed by atoms with van der Waals surface area (Å²) >= 11 is 0. The van der Waals surface area contributed by atoms with Crippen LogP contribution in [0, 0.1) is 6.92 Å². The van der Waals surface area contributed by atoms with Crippen molar-refractivity contribution in [3.05, 3.63) is 29.8 Å². The highest BCUT2D eigenvalue weighted by atomic mass is 16.5. The van der Waals surface area contributed by atoms with Gasteiger partial charge in [0, 0.05) is 6.54 Å². The molecule has 0 heterocycles. The van der Waals surface area contributed by atoms with Crippen LogP contribution in [0.25, 0.3) is 0 Å². The van der Waals surface area contributed by atoms with Gasteiger partial charge in [-0.2, -0.15) is 0 Å². The van der Waals surface area contributed by atoms with Gasteiger partial charge in [0.1, 0.15) is 12.3 Å². The summed E-state index contributed by atoms with van der Waals surface area (Å²) < 4.78 is 10.6. The predicted molar refractivity (Wildman–Crippen MR) is 84.8 cm³/mol. The number of hydrogen-bond acceptors (Lipinski definition) is 4. The normalized spacial score (nSPS) is 11.6. The fourth-order valence-electron chi connectivity index (χ4n) is 2.03. The average Bonchev–Trinajstić information content (AvgIpc) is 2.48. The third-order valence-electron chi connectivity index (χ3n) is 3.11. The molecule has 0 aliphatic heterocycles. The average molecular weight is 307 g/mol. The molecule has 1 unspecified atom stereocenters. The minimum Gasteiger partial charge on any atom is -0.481 e. The van der Waals surface area contributed by atoms with Crippen molar-refractivity contribution in [3.8, 4) is 5.75 Å². The summed E-state index contributed by atoms with van der Waals surface area (Å²) in [7, 11) is 0. The molecule has 22 heavy (non-hydrogen) atoms. The Morgan fingerprint density at radius 1 is 1.18 bits per heavy atom. The van der Waals surface area contributed by atoms with Gasteiger partial charge in [-0.3, -0.25) is 9.59 Å². The molecule has 0 saturated carbocycles. The van der Waals surface area contributed by atoms with Crippen LogP contribution in [0.4, 0.5) is 0 Å². The Morgan fingerprint density at radius 2 is 1.82 bits per heavy atom. The molecule has 0 bridgehead atoms. The van der Waals surface area contributed by atoms with Crippen molar-refractivity contribution in [2.24, 2.45) is 0 Å². The van der Waals surface area contributed by atoms with Gasteiger partial charge in [0.05, 0.1) is 6.61 Å². The van der Waals surface area contributed by atoms with Crippen LogP contribution in [0.1, 0.15) is 32.8 Å². The van der Waals surface area contributed by atoms with Crippen molar-refractivity contribution < 1.29 is 19.1 Å². The maximum atomic E-state index is 12.4. The lowest BCUT2D eigenvalue weighted by molar-refractivity contribution is -0.151. The number of carbonyl (C=O) groups is 2. The van der Waals surface area contributed by atoms with Crippen molar-refractivity contribution in [2.45, 2.75) is 40.2 Å². The number of benzene rings is 1. The van der Waals surface area contributed by atoms with Crippen molar-refractivity contribution in [1.82, 2.24) is 4.90 Å². The summed E-state index contributed by atoms with van der Waals surface area (Å²) in [5.74, 6) is 0.0290. The van der Waals surface area contributed by atoms with Crippen LogP contribution in [-0.2, 0) is 14.3 Å². The largest absolute Gasteiger partial charge is 0.481 e. The van der Waals surface area contributed by atoms with E-state index in [0.717, 1.165) is 12.0 Å². The van der Waals surface area contributed by atoms with Crippen molar-refractivity contribution in [1.29, 1.82) is 0 Å². The lowest BCUT2D eigenvalue weighted by Gasteiger charge is -2.25. The molecule has 5 nitrogen and oxygen atoms in total. The first-order chi connectivity index (χ1) is 10.5. The third kappa shape index (κ3) is 5.76. The summed E-state index contributed by atoms with van der Waals surface area (Å²) in [6, 6.07) is 7.51. The van der Waals surface area contributed by atoms with Crippen LogP contribution in [-0.4, -0.2) is 42.6 Å². The van der Waals surface area contributed by atoms with Crippen LogP contribution in [0.2, 0.25) is 0 Å². The minimum absolute atomic E-state index is 0.0396. The molecule has 1 amide bonds. The Bertz CT molecular complexity index is 484. The van der Waals surface area contributed by atoms with Gasteiger partial charge in [-0.05, 0) is 39.3 Å². The van der Waals surface area contributed by atoms with Gasteiger partial charge in [-0.1, -0.05) is 24.6 Å². The molecule has 0 radical (unpaired) electrons. The zero-order valence-corrected chi connectivity index (χ0v) is 13.8. The Hall–Kier alpha value is -2.04. The van der Waals surface area contributed by atoms with E-state index < -0.39 is 12.1 Å². The molecule has 0 aliphatic carbocycles. The molecular formula is C17H25NO4. The second kappa shape index (κ2) is 9.07. The fourth-order valence-corrected chi connectivity index (χ4v) is 2.03. The Balaban J connectivity index is 2.66. The Morgan fingerprint density at radius 3 is 2.36 bits per heavy atom. The maximum absolute atomic E-state index is 12.4. The monoisotopic (exact) mass is 307 g/mol. The van der Waals surface area contributed by atoms with Gasteiger partial charge in [-0.15, -0.1) is 0 Å². The summed E-state index contributed by atoms with van der Waals surface area (Å²) in [5.41, 5.74) is 1.13. The van der Waals surface area contributed by atoms with Crippen LogP contribution < -0.4 is 4.74 Å². The number of nitrogens with zero attached hydrogens (tertiary/aromatic N) is 1. The van der Waals surface area contributed by atoms with E-state index in [9.17, 15) is 9.59 Å². The van der Waals surface area contributed by atoms with E-state index in [2.05, 4.69) is 0 Å². The summed E-state index contributed by atoms with van der Waals surface area (Å²) in [6.07, 6.45) is 0.117. The molecule has 0 saturated heterocycles. The van der Waals surface area contributed by atoms with Gasteiger partial charge >= 0.3 is 5.97 Å². The molecule has 0 aromatic heterocycles. The first kappa shape index (κ1) is 18.0. The highest BCUT2D eigenvalue weighted by Crippen LogP contribution is 2.14. The number of esters is 1. The molecule has 1 atom stereocenters. The number of ether oxygens (including phenoxy) is 2. The van der Waals surface area contributed by atoms with E-state index in [-0.39, 0.29) is 12.5 Å². The fraction of sp³-hybridized carbons (Fsp3) is 0.529. The Kier molecular flexibility index (Phi) is 7.43. The highest BCUT2D eigenvalue weighted by Gasteiger charge is 2.24. The second-order valence-electron chi connectivity index (χ2n) is 5.14. The number of amides is 1. The number of carbonyl (C=O) groups excluding carboxylic acids is 2. The topological polar surface area (TPSA) is 55.8 Å². The van der Waals surface area contributed by atoms with Crippen molar-refractivity contribution in [3.63, 3.8) is 0 Å². The van der Waals surface area contributed by atoms with Gasteiger partial charge in [0.2, 0.25) is 0 Å². The van der Waals surface area contributed by atoms with E-state index in [1.54, 1.807) is 13.8 Å². The molecule has 5 heteroatoms. The molecule has 1 aromatic rings. The lowest BCUT2D eigenvalue weighted by Crippen LogP contribution is -2.44. The van der Waals surface area contributed by atoms with Gasteiger partial charge in [0.25, 0.3) is 5.91 Å². The lowest BCUT2D eigenvalue weighted by atomic mass is 10.2. The van der Waals surface area contributed by atoms with E-state index >= 15 is 0 Å². The number of hydrogen-bond donors (Lipinski definition) is 0. The van der Waals surface area contributed by atoms with Crippen LogP contribution in [0.5, 0.6) is 5.75 Å². The molecular weight excluding hydrogens is 282 g/mol. The van der Waals surface area contributed by atoms with Crippen LogP contribution >= 0.6 is 0 Å². The zero-order chi connectivity index (χ0) is 16.5. The highest BCUT2D eigenvalue weighted by molar-refractivity contribution is 5.85. The maximum Gasteiger partial charge on any atom is 0.325 e. The smallest absolute Gasteiger partial charge is 0.325 e. The molecule has 1 aromatic carbocycles. The van der Waals surface area contributed by atoms with E-state index in [0.29, 0.717) is 18.9 Å².